The smallest absolute Gasteiger partial charge is 0.249 e. The number of hydrogen-bond acceptors (Lipinski definition) is 7. The first kappa shape index (κ1) is 38.2. The summed E-state index contributed by atoms with van der Waals surface area (Å²) in [5.74, 6) is -0.110. The zero-order valence-corrected chi connectivity index (χ0v) is 33.9. The van der Waals surface area contributed by atoms with Crippen LogP contribution in [0.25, 0.3) is 0 Å². The van der Waals surface area contributed by atoms with E-state index in [1.807, 2.05) is 33.8 Å². The third-order valence-electron chi connectivity index (χ3n) is 13.2. The minimum Gasteiger partial charge on any atom is -0.414 e. The fourth-order valence-corrected chi connectivity index (χ4v) is 11.2. The van der Waals surface area contributed by atoms with Crippen molar-refractivity contribution in [3.05, 3.63) is 11.6 Å². The van der Waals surface area contributed by atoms with Crippen LogP contribution in [-0.2, 0) is 13.6 Å². The second-order valence-electron chi connectivity index (χ2n) is 19.6. The van der Waals surface area contributed by atoms with Crippen molar-refractivity contribution in [3.63, 3.8) is 0 Å². The molecule has 2 spiro atoms. The van der Waals surface area contributed by atoms with Crippen LogP contribution in [0.4, 0.5) is 0 Å². The van der Waals surface area contributed by atoms with Gasteiger partial charge in [0.15, 0.2) is 16.6 Å². The van der Waals surface area contributed by atoms with Gasteiger partial charge in [-0.2, -0.15) is 10.1 Å². The highest BCUT2D eigenvalue weighted by Gasteiger charge is 2.58. The standard InChI is InChI=1S/C36H69N3O5Si2/c1-31(2,3)45(11,12)43-27-15-19-35(20-16-27)23-26(37-30(40)29-25-33(7,8)38(41)34(29,9)10)24-36(39(35)42)21-17-28(18-22-36)44-46(13,14)32(4,5)6/h25-28,41-42H,15-24H2,1-14H3,(H,37,40). The molecule has 0 aromatic carbocycles. The van der Waals surface area contributed by atoms with Crippen molar-refractivity contribution in [1.82, 2.24) is 15.4 Å². The minimum atomic E-state index is -1.91. The van der Waals surface area contributed by atoms with E-state index in [4.69, 9.17) is 8.85 Å². The van der Waals surface area contributed by atoms with Crippen LogP contribution in [0.2, 0.25) is 36.3 Å². The van der Waals surface area contributed by atoms with Gasteiger partial charge in [-0.05, 0) is 128 Å². The van der Waals surface area contributed by atoms with E-state index in [-0.39, 0.29) is 34.2 Å². The normalized spacial score (nSPS) is 34.6. The van der Waals surface area contributed by atoms with Crippen molar-refractivity contribution in [3.8, 4) is 0 Å². The molecule has 8 nitrogen and oxygen atoms in total. The van der Waals surface area contributed by atoms with Crippen molar-refractivity contribution in [2.75, 3.05) is 0 Å². The van der Waals surface area contributed by atoms with E-state index in [1.165, 1.54) is 5.06 Å². The predicted molar refractivity (Wildman–Crippen MR) is 191 cm³/mol. The second-order valence-corrected chi connectivity index (χ2v) is 29.1. The molecule has 2 aliphatic heterocycles. The van der Waals surface area contributed by atoms with Gasteiger partial charge in [-0.25, -0.2) is 0 Å². The Kier molecular flexibility index (Phi) is 10.2. The first-order valence-corrected chi connectivity index (χ1v) is 23.9. The molecular formula is C36H69N3O5Si2. The Morgan fingerprint density at radius 3 is 1.43 bits per heavy atom. The Labute approximate surface area is 283 Å². The molecule has 266 valence electrons. The molecule has 10 heteroatoms. The third kappa shape index (κ3) is 7.16. The monoisotopic (exact) mass is 679 g/mol. The van der Waals surface area contributed by atoms with E-state index < -0.39 is 38.8 Å². The van der Waals surface area contributed by atoms with Crippen LogP contribution in [0.1, 0.15) is 133 Å². The summed E-state index contributed by atoms with van der Waals surface area (Å²) in [7, 11) is -3.81. The van der Waals surface area contributed by atoms with Gasteiger partial charge in [-0.3, -0.25) is 4.79 Å². The van der Waals surface area contributed by atoms with Gasteiger partial charge in [-0.15, -0.1) is 0 Å². The maximum atomic E-state index is 14.0. The average molecular weight is 680 g/mol. The highest BCUT2D eigenvalue weighted by molar-refractivity contribution is 6.74. The van der Waals surface area contributed by atoms with Crippen LogP contribution >= 0.6 is 0 Å². The Hall–Kier alpha value is -0.596. The SMILES string of the molecule is CC1(C)C=C(C(=O)NC2CC3(CCC(O[Si](C)(C)C(C)(C)C)CC3)N(O)C3(CCC(O[Si](C)(C)C(C)(C)C)CC3)C2)C(C)(C)N1O. The molecular weight excluding hydrogens is 611 g/mol. The summed E-state index contributed by atoms with van der Waals surface area (Å²) < 4.78 is 13.7. The molecule has 2 saturated carbocycles. The Morgan fingerprint density at radius 2 is 1.13 bits per heavy atom. The Morgan fingerprint density at radius 1 is 0.761 bits per heavy atom. The van der Waals surface area contributed by atoms with E-state index >= 15 is 0 Å². The maximum Gasteiger partial charge on any atom is 0.249 e. The van der Waals surface area contributed by atoms with Crippen LogP contribution in [-0.4, -0.2) is 83.5 Å². The zero-order chi connectivity index (χ0) is 34.9. The molecule has 3 fully saturated rings. The predicted octanol–water partition coefficient (Wildman–Crippen LogP) is 8.55. The van der Waals surface area contributed by atoms with E-state index in [0.717, 1.165) is 51.4 Å². The molecule has 1 saturated heterocycles. The number of piperidine rings is 1. The van der Waals surface area contributed by atoms with Crippen molar-refractivity contribution < 1.29 is 24.1 Å². The number of nitrogens with zero attached hydrogens (tertiary/aromatic N) is 2. The lowest BCUT2D eigenvalue weighted by atomic mass is 9.64. The Balaban J connectivity index is 1.57. The summed E-state index contributed by atoms with van der Waals surface area (Å²) in [4.78, 5) is 14.0. The van der Waals surface area contributed by atoms with Gasteiger partial charge in [0.2, 0.25) is 5.91 Å². The summed E-state index contributed by atoms with van der Waals surface area (Å²) >= 11 is 0. The van der Waals surface area contributed by atoms with Crippen molar-refractivity contribution >= 4 is 22.5 Å². The highest BCUT2D eigenvalue weighted by Crippen LogP contribution is 2.52. The number of nitrogens with one attached hydrogen (secondary N) is 1. The molecule has 4 rings (SSSR count). The highest BCUT2D eigenvalue weighted by atomic mass is 28.4. The van der Waals surface area contributed by atoms with E-state index in [9.17, 15) is 15.2 Å². The number of carbonyl (C=O) groups excluding carboxylic acids is 1. The molecule has 2 heterocycles. The van der Waals surface area contributed by atoms with Crippen molar-refractivity contribution in [2.24, 2.45) is 0 Å². The molecule has 1 amide bonds. The van der Waals surface area contributed by atoms with Crippen LogP contribution < -0.4 is 5.32 Å². The fraction of sp³-hybridized carbons (Fsp3) is 0.917. The Bertz CT molecular complexity index is 1100. The average Bonchev–Trinajstić information content (AvgIpc) is 3.07. The number of hydroxylamine groups is 4. The zero-order valence-electron chi connectivity index (χ0n) is 31.9. The summed E-state index contributed by atoms with van der Waals surface area (Å²) in [5, 5.41) is 30.1. The molecule has 0 aromatic heterocycles. The summed E-state index contributed by atoms with van der Waals surface area (Å²) in [6.45, 7) is 30.7. The lowest BCUT2D eigenvalue weighted by Crippen LogP contribution is -2.69. The largest absolute Gasteiger partial charge is 0.414 e. The second kappa shape index (κ2) is 12.3. The van der Waals surface area contributed by atoms with Gasteiger partial charge in [0.1, 0.15) is 0 Å². The third-order valence-corrected chi connectivity index (χ3v) is 22.3. The summed E-state index contributed by atoms with van der Waals surface area (Å²) in [5.41, 5.74) is -1.62. The number of hydrogen-bond donors (Lipinski definition) is 3. The molecule has 46 heavy (non-hydrogen) atoms. The van der Waals surface area contributed by atoms with Crippen LogP contribution in [0.5, 0.6) is 0 Å². The van der Waals surface area contributed by atoms with Crippen LogP contribution in [0, 0.1) is 0 Å². The van der Waals surface area contributed by atoms with Crippen molar-refractivity contribution in [1.29, 1.82) is 0 Å². The molecule has 0 unspecified atom stereocenters. The van der Waals surface area contributed by atoms with Crippen LogP contribution in [0.15, 0.2) is 11.6 Å². The lowest BCUT2D eigenvalue weighted by Gasteiger charge is -2.60. The molecule has 0 radical (unpaired) electrons. The van der Waals surface area contributed by atoms with E-state index in [1.54, 1.807) is 5.06 Å². The number of amides is 1. The van der Waals surface area contributed by atoms with Crippen LogP contribution in [0.3, 0.4) is 0 Å². The maximum absolute atomic E-state index is 14.0. The molecule has 2 aliphatic carbocycles. The summed E-state index contributed by atoms with van der Waals surface area (Å²) in [6, 6.07) is -0.0702. The molecule has 0 bridgehead atoms. The van der Waals surface area contributed by atoms with E-state index in [0.29, 0.717) is 18.4 Å². The molecule has 4 aliphatic rings. The van der Waals surface area contributed by atoms with Gasteiger partial charge in [0.25, 0.3) is 0 Å². The minimum absolute atomic E-state index is 0.0702. The number of carbonyl (C=O) groups is 1. The van der Waals surface area contributed by atoms with Gasteiger partial charge in [0, 0.05) is 34.9 Å². The molecule has 0 atom stereocenters. The fourth-order valence-electron chi connectivity index (χ4n) is 8.31. The van der Waals surface area contributed by atoms with Gasteiger partial charge in [-0.1, -0.05) is 47.6 Å². The van der Waals surface area contributed by atoms with Gasteiger partial charge >= 0.3 is 0 Å². The summed E-state index contributed by atoms with van der Waals surface area (Å²) in [6.07, 6.45) is 10.9. The molecule has 0 aromatic rings. The lowest BCUT2D eigenvalue weighted by molar-refractivity contribution is -0.286. The topological polar surface area (TPSA) is 94.5 Å². The molecule has 3 N–H and O–H groups in total. The van der Waals surface area contributed by atoms with Crippen molar-refractivity contribution in [2.45, 2.75) is 210 Å². The van der Waals surface area contributed by atoms with E-state index in [2.05, 4.69) is 73.0 Å². The van der Waals surface area contributed by atoms with Gasteiger partial charge in [0.05, 0.1) is 11.1 Å². The quantitative estimate of drug-likeness (QED) is 0.242. The first-order valence-electron chi connectivity index (χ1n) is 18.1. The first-order chi connectivity index (χ1) is 20.7. The van der Waals surface area contributed by atoms with Gasteiger partial charge < -0.3 is 24.6 Å². The number of rotatable bonds is 6.